The molecule has 0 amide bonds. The van der Waals surface area contributed by atoms with Gasteiger partial charge in [0.1, 0.15) is 5.75 Å². The lowest BCUT2D eigenvalue weighted by Gasteiger charge is -2.00. The molecule has 3 nitrogen and oxygen atoms in total. The van der Waals surface area contributed by atoms with Crippen molar-refractivity contribution in [2.45, 2.75) is 5.75 Å². The predicted molar refractivity (Wildman–Crippen MR) is 59.6 cm³/mol. The van der Waals surface area contributed by atoms with E-state index in [1.807, 2.05) is 0 Å². The van der Waals surface area contributed by atoms with Gasteiger partial charge in [-0.25, -0.2) is 8.42 Å². The van der Waals surface area contributed by atoms with E-state index in [2.05, 4.69) is 0 Å². The molecule has 72 valence electrons. The Kier molecular flexibility index (Phi) is 3.55. The standard InChI is InChI=1S/C8H9IO3S/c1-12-8-4-2-7(3-5-8)6-13(9,10)11/h2-5H,6H2,1H3. The molecule has 1 aromatic carbocycles. The highest BCUT2D eigenvalue weighted by Gasteiger charge is 2.05. The van der Waals surface area contributed by atoms with E-state index in [4.69, 9.17) is 4.74 Å². The van der Waals surface area contributed by atoms with Crippen LogP contribution in [0, 0.1) is 0 Å². The highest BCUT2D eigenvalue weighted by molar-refractivity contribution is 14.2. The predicted octanol–water partition coefficient (Wildman–Crippen LogP) is 1.96. The average molecular weight is 312 g/mol. The van der Waals surface area contributed by atoms with E-state index in [1.54, 1.807) is 31.4 Å². The topological polar surface area (TPSA) is 43.4 Å². The minimum atomic E-state index is -2.97. The van der Waals surface area contributed by atoms with Crippen molar-refractivity contribution in [1.29, 1.82) is 0 Å². The molecule has 0 aliphatic rings. The summed E-state index contributed by atoms with van der Waals surface area (Å²) in [7, 11) is -1.39. The zero-order chi connectivity index (χ0) is 9.90. The van der Waals surface area contributed by atoms with Crippen LogP contribution in [0.1, 0.15) is 5.56 Å². The summed E-state index contributed by atoms with van der Waals surface area (Å²) >= 11 is 1.44. The van der Waals surface area contributed by atoms with Gasteiger partial charge in [0.05, 0.1) is 34.1 Å². The quantitative estimate of drug-likeness (QED) is 0.633. The Morgan fingerprint density at radius 1 is 1.31 bits per heavy atom. The van der Waals surface area contributed by atoms with Crippen LogP contribution in [-0.4, -0.2) is 15.5 Å². The lowest BCUT2D eigenvalue weighted by atomic mass is 10.2. The lowest BCUT2D eigenvalue weighted by molar-refractivity contribution is 0.414. The van der Waals surface area contributed by atoms with Crippen LogP contribution in [0.3, 0.4) is 0 Å². The fourth-order valence-electron chi connectivity index (χ4n) is 0.921. The highest BCUT2D eigenvalue weighted by Crippen LogP contribution is 2.15. The van der Waals surface area contributed by atoms with Crippen LogP contribution < -0.4 is 4.74 Å². The van der Waals surface area contributed by atoms with Crippen LogP contribution >= 0.6 is 21.2 Å². The van der Waals surface area contributed by atoms with Gasteiger partial charge in [-0.1, -0.05) is 12.1 Å². The van der Waals surface area contributed by atoms with Crippen molar-refractivity contribution >= 4 is 28.2 Å². The zero-order valence-corrected chi connectivity index (χ0v) is 10.0. The molecule has 0 unspecified atom stereocenters. The highest BCUT2D eigenvalue weighted by atomic mass is 127. The Bertz CT molecular complexity index is 369. The third-order valence-electron chi connectivity index (χ3n) is 1.50. The fraction of sp³-hybridized carbons (Fsp3) is 0.250. The molecule has 0 aromatic heterocycles. The van der Waals surface area contributed by atoms with Crippen molar-refractivity contribution in [3.63, 3.8) is 0 Å². The van der Waals surface area contributed by atoms with Gasteiger partial charge in [-0.2, -0.15) is 0 Å². The summed E-state index contributed by atoms with van der Waals surface area (Å²) in [4.78, 5) is 0. The Morgan fingerprint density at radius 3 is 2.23 bits per heavy atom. The molecule has 13 heavy (non-hydrogen) atoms. The van der Waals surface area contributed by atoms with Gasteiger partial charge in [0, 0.05) is 0 Å². The number of hydrogen-bond donors (Lipinski definition) is 0. The van der Waals surface area contributed by atoms with E-state index in [0.717, 1.165) is 11.3 Å². The first-order chi connectivity index (χ1) is 6.01. The van der Waals surface area contributed by atoms with E-state index in [9.17, 15) is 8.42 Å². The Balaban J connectivity index is 2.81. The SMILES string of the molecule is COc1ccc(CS(=O)(=O)I)cc1. The maximum Gasteiger partial charge on any atom is 0.207 e. The lowest BCUT2D eigenvalue weighted by Crippen LogP contribution is -1.93. The average Bonchev–Trinajstić information content (AvgIpc) is 2.03. The summed E-state index contributed by atoms with van der Waals surface area (Å²) in [6, 6.07) is 6.98. The summed E-state index contributed by atoms with van der Waals surface area (Å²) in [5.41, 5.74) is 0.773. The molecule has 0 spiro atoms. The molecule has 0 saturated carbocycles. The molecule has 0 saturated heterocycles. The smallest absolute Gasteiger partial charge is 0.207 e. The second-order valence-corrected chi connectivity index (χ2v) is 7.92. The van der Waals surface area contributed by atoms with Gasteiger partial charge < -0.3 is 4.74 Å². The monoisotopic (exact) mass is 312 g/mol. The Hall–Kier alpha value is -0.300. The van der Waals surface area contributed by atoms with Gasteiger partial charge in [-0.3, -0.25) is 0 Å². The molecule has 0 N–H and O–H groups in total. The van der Waals surface area contributed by atoms with E-state index in [1.165, 1.54) is 21.2 Å². The van der Waals surface area contributed by atoms with Gasteiger partial charge in [0.15, 0.2) is 0 Å². The maximum absolute atomic E-state index is 10.9. The first kappa shape index (κ1) is 10.8. The molecule has 0 atom stereocenters. The Labute approximate surface area is 89.6 Å². The third-order valence-corrected chi connectivity index (χ3v) is 3.11. The number of rotatable bonds is 3. The molecule has 0 heterocycles. The van der Waals surface area contributed by atoms with Crippen LogP contribution in [0.2, 0.25) is 0 Å². The van der Waals surface area contributed by atoms with Crippen molar-refractivity contribution < 1.29 is 13.2 Å². The fourth-order valence-corrected chi connectivity index (χ4v) is 2.59. The molecular formula is C8H9IO3S. The first-order valence-corrected chi connectivity index (χ1v) is 7.76. The normalized spacial score (nSPS) is 11.2. The first-order valence-electron chi connectivity index (χ1n) is 3.56. The van der Waals surface area contributed by atoms with Crippen LogP contribution in [0.25, 0.3) is 0 Å². The summed E-state index contributed by atoms with van der Waals surface area (Å²) in [5, 5.41) is 0. The molecule has 0 aliphatic heterocycles. The third kappa shape index (κ3) is 3.95. The summed E-state index contributed by atoms with van der Waals surface area (Å²) in [5.74, 6) is 0.798. The molecule has 0 fully saturated rings. The van der Waals surface area contributed by atoms with E-state index < -0.39 is 7.01 Å². The molecule has 1 aromatic rings. The summed E-state index contributed by atoms with van der Waals surface area (Å²) in [6.45, 7) is 0. The molecule has 0 aliphatic carbocycles. The second-order valence-electron chi connectivity index (χ2n) is 2.53. The van der Waals surface area contributed by atoms with Gasteiger partial charge in [0.2, 0.25) is 7.01 Å². The van der Waals surface area contributed by atoms with E-state index in [-0.39, 0.29) is 5.75 Å². The number of halogens is 1. The minimum absolute atomic E-state index is 0.0670. The summed E-state index contributed by atoms with van der Waals surface area (Å²) < 4.78 is 26.8. The minimum Gasteiger partial charge on any atom is -0.497 e. The van der Waals surface area contributed by atoms with Crippen LogP contribution in [0.15, 0.2) is 24.3 Å². The molecule has 0 bridgehead atoms. The zero-order valence-electron chi connectivity index (χ0n) is 7.03. The molecule has 1 rings (SSSR count). The number of ether oxygens (including phenoxy) is 1. The van der Waals surface area contributed by atoms with Crippen LogP contribution in [-0.2, 0) is 12.8 Å². The number of methoxy groups -OCH3 is 1. The van der Waals surface area contributed by atoms with Crippen molar-refractivity contribution in [2.24, 2.45) is 0 Å². The van der Waals surface area contributed by atoms with Crippen molar-refractivity contribution in [2.75, 3.05) is 7.11 Å². The van der Waals surface area contributed by atoms with Gasteiger partial charge in [0.25, 0.3) is 0 Å². The van der Waals surface area contributed by atoms with Crippen molar-refractivity contribution in [3.8, 4) is 5.75 Å². The van der Waals surface area contributed by atoms with E-state index >= 15 is 0 Å². The van der Waals surface area contributed by atoms with Gasteiger partial charge in [-0.15, -0.1) is 0 Å². The number of benzene rings is 1. The molecule has 5 heteroatoms. The van der Waals surface area contributed by atoms with Gasteiger partial charge >= 0.3 is 0 Å². The van der Waals surface area contributed by atoms with Gasteiger partial charge in [-0.05, 0) is 17.7 Å². The Morgan fingerprint density at radius 2 is 1.85 bits per heavy atom. The van der Waals surface area contributed by atoms with Crippen LogP contribution in [0.4, 0.5) is 0 Å². The molecule has 0 radical (unpaired) electrons. The largest absolute Gasteiger partial charge is 0.497 e. The van der Waals surface area contributed by atoms with Crippen molar-refractivity contribution in [3.05, 3.63) is 29.8 Å². The number of hydrogen-bond acceptors (Lipinski definition) is 3. The molecular weight excluding hydrogens is 303 g/mol. The maximum atomic E-state index is 10.9. The van der Waals surface area contributed by atoms with Crippen LogP contribution in [0.5, 0.6) is 5.75 Å². The second kappa shape index (κ2) is 4.28. The summed E-state index contributed by atoms with van der Waals surface area (Å²) in [6.07, 6.45) is 0. The van der Waals surface area contributed by atoms with E-state index in [0.29, 0.717) is 0 Å². The van der Waals surface area contributed by atoms with Crippen molar-refractivity contribution in [1.82, 2.24) is 0 Å².